The van der Waals surface area contributed by atoms with Gasteiger partial charge in [0, 0.05) is 0 Å². The van der Waals surface area contributed by atoms with E-state index in [2.05, 4.69) is 79.7 Å². The van der Waals surface area contributed by atoms with Crippen molar-refractivity contribution in [2.75, 3.05) is 6.61 Å². The van der Waals surface area contributed by atoms with Gasteiger partial charge in [-0.25, -0.2) is 0 Å². The van der Waals surface area contributed by atoms with Crippen molar-refractivity contribution in [2.45, 2.75) is 43.5 Å². The first kappa shape index (κ1) is 19.6. The van der Waals surface area contributed by atoms with Gasteiger partial charge in [0.05, 0.1) is 0 Å². The molecular formula is C27H27NOSe. The van der Waals surface area contributed by atoms with Crippen LogP contribution < -0.4 is 4.46 Å². The van der Waals surface area contributed by atoms with Crippen LogP contribution in [0.3, 0.4) is 0 Å². The summed E-state index contributed by atoms with van der Waals surface area (Å²) in [6.45, 7) is 2.90. The number of benzene rings is 3. The Balaban J connectivity index is 1.60. The summed E-state index contributed by atoms with van der Waals surface area (Å²) in [6.07, 6.45) is 4.20. The Hall–Kier alpha value is -2.35. The molecule has 3 aromatic carbocycles. The fourth-order valence-corrected chi connectivity index (χ4v) is 6.84. The van der Waals surface area contributed by atoms with E-state index in [1.54, 1.807) is 0 Å². The summed E-state index contributed by atoms with van der Waals surface area (Å²) < 4.78 is 7.55. The molecular weight excluding hydrogens is 433 g/mol. The zero-order valence-corrected chi connectivity index (χ0v) is 19.1. The van der Waals surface area contributed by atoms with Crippen molar-refractivity contribution >= 4 is 25.3 Å². The van der Waals surface area contributed by atoms with Crippen molar-refractivity contribution in [1.29, 1.82) is 0 Å². The van der Waals surface area contributed by atoms with E-state index in [1.165, 1.54) is 32.3 Å². The zero-order valence-electron chi connectivity index (χ0n) is 17.4. The minimum atomic E-state index is 0.292. The molecule has 0 saturated carbocycles. The molecule has 1 aliphatic heterocycles. The van der Waals surface area contributed by atoms with Crippen molar-refractivity contribution in [1.82, 2.24) is 0 Å². The van der Waals surface area contributed by atoms with Gasteiger partial charge in [-0.15, -0.1) is 0 Å². The first-order valence-corrected chi connectivity index (χ1v) is 12.8. The molecule has 8 rings (SSSR count). The van der Waals surface area contributed by atoms with E-state index in [1.807, 2.05) is 0 Å². The minimum absolute atomic E-state index is 0.292. The standard InChI is InChI=1S/C27H27NOSe/c1-2-22-18-29-27(28-22)25-16-20-11-8-19-9-12-21(13-10-19)17-26(24(25)15-14-20)30-23-6-4-3-5-7-23/h3-7,9-10,12-16,22,26H,2,8,11,17-18H2,1H3/t22-,26+/m0/s1. The van der Waals surface area contributed by atoms with Crippen LogP contribution in [0.4, 0.5) is 0 Å². The van der Waals surface area contributed by atoms with Crippen molar-refractivity contribution in [3.8, 4) is 0 Å². The Morgan fingerprint density at radius 2 is 1.63 bits per heavy atom. The number of rotatable bonds is 4. The number of aryl methyl sites for hydroxylation is 2. The molecule has 2 atom stereocenters. The van der Waals surface area contributed by atoms with E-state index in [0.717, 1.165) is 31.6 Å². The van der Waals surface area contributed by atoms with Crippen molar-refractivity contribution in [3.05, 3.63) is 101 Å². The third-order valence-corrected chi connectivity index (χ3v) is 8.67. The fraction of sp³-hybridized carbons (Fsp3) is 0.296. The molecule has 0 aromatic heterocycles. The Morgan fingerprint density at radius 1 is 0.900 bits per heavy atom. The normalized spacial score (nSPS) is 20.4. The summed E-state index contributed by atoms with van der Waals surface area (Å²) in [5.74, 6) is 0.860. The second kappa shape index (κ2) is 8.79. The van der Waals surface area contributed by atoms with Crippen LogP contribution in [0.15, 0.2) is 77.8 Å². The molecule has 3 aromatic rings. The average molecular weight is 460 g/mol. The molecule has 0 unspecified atom stereocenters. The second-order valence-electron chi connectivity index (χ2n) is 8.17. The van der Waals surface area contributed by atoms with Crippen LogP contribution in [0.5, 0.6) is 0 Å². The van der Waals surface area contributed by atoms with Gasteiger partial charge in [0.15, 0.2) is 0 Å². The number of aliphatic imine (C=N–C) groups is 1. The van der Waals surface area contributed by atoms with Crippen molar-refractivity contribution in [3.63, 3.8) is 0 Å². The summed E-state index contributed by atoms with van der Waals surface area (Å²) in [4.78, 5) is 5.38. The van der Waals surface area contributed by atoms with Crippen LogP contribution in [0.2, 0.25) is 0 Å². The molecule has 4 bridgehead atoms. The van der Waals surface area contributed by atoms with Gasteiger partial charge in [0.2, 0.25) is 0 Å². The first-order chi connectivity index (χ1) is 14.8. The van der Waals surface area contributed by atoms with Gasteiger partial charge < -0.3 is 0 Å². The van der Waals surface area contributed by atoms with Gasteiger partial charge in [-0.05, 0) is 0 Å². The molecule has 0 amide bonds. The number of hydrogen-bond acceptors (Lipinski definition) is 2. The van der Waals surface area contributed by atoms with Crippen molar-refractivity contribution < 1.29 is 4.74 Å². The molecule has 0 spiro atoms. The Bertz CT molecular complexity index is 1040. The molecule has 3 heteroatoms. The summed E-state index contributed by atoms with van der Waals surface area (Å²) in [7, 11) is 0. The van der Waals surface area contributed by atoms with Crippen LogP contribution in [-0.2, 0) is 24.0 Å². The Labute approximate surface area is 185 Å². The van der Waals surface area contributed by atoms with Crippen LogP contribution in [-0.4, -0.2) is 33.5 Å². The van der Waals surface area contributed by atoms with Gasteiger partial charge in [-0.3, -0.25) is 0 Å². The van der Waals surface area contributed by atoms with E-state index in [-0.39, 0.29) is 0 Å². The van der Waals surface area contributed by atoms with Gasteiger partial charge >= 0.3 is 186 Å². The first-order valence-electron chi connectivity index (χ1n) is 10.9. The van der Waals surface area contributed by atoms with Crippen LogP contribution in [0, 0.1) is 0 Å². The van der Waals surface area contributed by atoms with Crippen LogP contribution >= 0.6 is 0 Å². The van der Waals surface area contributed by atoms with E-state index in [0.29, 0.717) is 32.4 Å². The molecule has 4 aliphatic carbocycles. The number of hydrogen-bond donors (Lipinski definition) is 0. The SMILES string of the molecule is CC[C@H]1COC(c2cc3ccc2[C@H]([Se]c2ccccc2)Cc2ccc(cc2)CC3)=N1. The number of nitrogens with zero attached hydrogens (tertiary/aromatic N) is 1. The predicted octanol–water partition coefficient (Wildman–Crippen LogP) is 4.65. The molecule has 30 heavy (non-hydrogen) atoms. The summed E-state index contributed by atoms with van der Waals surface area (Å²) in [5, 5.41) is 0. The van der Waals surface area contributed by atoms with Crippen LogP contribution in [0.1, 0.15) is 46.0 Å². The van der Waals surface area contributed by atoms with E-state index in [9.17, 15) is 0 Å². The predicted molar refractivity (Wildman–Crippen MR) is 125 cm³/mol. The summed E-state index contributed by atoms with van der Waals surface area (Å²) in [5.41, 5.74) is 6.81. The molecule has 152 valence electrons. The molecule has 2 nitrogen and oxygen atoms in total. The molecule has 0 radical (unpaired) electrons. The molecule has 0 N–H and O–H groups in total. The average Bonchev–Trinajstić information content (AvgIpc) is 3.27. The fourth-order valence-electron chi connectivity index (χ4n) is 4.22. The van der Waals surface area contributed by atoms with E-state index < -0.39 is 0 Å². The summed E-state index contributed by atoms with van der Waals surface area (Å²) in [6, 6.07) is 27.6. The maximum absolute atomic E-state index is 6.11. The molecule has 1 heterocycles. The zero-order chi connectivity index (χ0) is 20.3. The Kier molecular flexibility index (Phi) is 5.75. The van der Waals surface area contributed by atoms with E-state index in [4.69, 9.17) is 9.73 Å². The van der Waals surface area contributed by atoms with Crippen molar-refractivity contribution in [2.24, 2.45) is 4.99 Å². The van der Waals surface area contributed by atoms with Gasteiger partial charge in [0.25, 0.3) is 0 Å². The van der Waals surface area contributed by atoms with E-state index >= 15 is 0 Å². The summed E-state index contributed by atoms with van der Waals surface area (Å²) >= 11 is 0.323. The van der Waals surface area contributed by atoms with Crippen LogP contribution in [0.25, 0.3) is 0 Å². The van der Waals surface area contributed by atoms with Gasteiger partial charge in [-0.1, -0.05) is 0 Å². The topological polar surface area (TPSA) is 21.6 Å². The van der Waals surface area contributed by atoms with Gasteiger partial charge in [-0.2, -0.15) is 0 Å². The Morgan fingerprint density at radius 3 is 2.40 bits per heavy atom. The molecule has 0 saturated heterocycles. The third kappa shape index (κ3) is 4.24. The monoisotopic (exact) mass is 461 g/mol. The van der Waals surface area contributed by atoms with Gasteiger partial charge in [0.1, 0.15) is 0 Å². The maximum atomic E-state index is 6.11. The quantitative estimate of drug-likeness (QED) is 0.520. The number of ether oxygens (including phenoxy) is 1. The second-order valence-corrected chi connectivity index (χ2v) is 10.8. The molecule has 0 fully saturated rings. The third-order valence-electron chi connectivity index (χ3n) is 6.05. The molecule has 5 aliphatic rings.